The van der Waals surface area contributed by atoms with Crippen molar-refractivity contribution in [2.45, 2.75) is 13.1 Å². The van der Waals surface area contributed by atoms with Crippen molar-refractivity contribution in [3.05, 3.63) is 22.4 Å². The van der Waals surface area contributed by atoms with Gasteiger partial charge >= 0.3 is 18.2 Å². The number of anilines is 1. The van der Waals surface area contributed by atoms with Crippen LogP contribution in [0.1, 0.15) is 5.69 Å². The first-order valence-electron chi connectivity index (χ1n) is 6.57. The number of carbonyl (C=O) groups excluding carboxylic acids is 1. The number of urea groups is 1. The second-order valence-electron chi connectivity index (χ2n) is 5.21. The number of pyridine rings is 1. The lowest BCUT2D eigenvalue weighted by Crippen LogP contribution is -2.35. The number of aromatic nitrogens is 1. The SMILES string of the molecule is Cc1ncc(Br)cc1NC(=O)N1C[C@@H](C(F)(F)F)[C@H](C(=O)O)C1. The Bertz CT molecular complexity index is 639. The first-order valence-corrected chi connectivity index (χ1v) is 7.36. The van der Waals surface area contributed by atoms with E-state index in [1.807, 2.05) is 0 Å². The number of carboxylic acid groups (broad SMARTS) is 1. The smallest absolute Gasteiger partial charge is 0.394 e. The molecule has 2 rings (SSSR count). The number of likely N-dealkylation sites (tertiary alicyclic amines) is 1. The Hall–Kier alpha value is -1.84. The van der Waals surface area contributed by atoms with Gasteiger partial charge < -0.3 is 15.3 Å². The molecule has 0 aliphatic carbocycles. The highest BCUT2D eigenvalue weighted by molar-refractivity contribution is 9.10. The summed E-state index contributed by atoms with van der Waals surface area (Å²) in [6.07, 6.45) is -3.16. The van der Waals surface area contributed by atoms with Gasteiger partial charge in [0, 0.05) is 23.8 Å². The molecule has 2 heterocycles. The topological polar surface area (TPSA) is 82.5 Å². The van der Waals surface area contributed by atoms with Crippen molar-refractivity contribution >= 4 is 33.6 Å². The molecule has 1 saturated heterocycles. The zero-order valence-electron chi connectivity index (χ0n) is 11.9. The van der Waals surface area contributed by atoms with Crippen LogP contribution in [0.15, 0.2) is 16.7 Å². The molecule has 1 aromatic rings. The summed E-state index contributed by atoms with van der Waals surface area (Å²) < 4.78 is 39.3. The van der Waals surface area contributed by atoms with Crippen LogP contribution < -0.4 is 5.32 Å². The minimum absolute atomic E-state index is 0.340. The molecule has 0 saturated carbocycles. The summed E-state index contributed by atoms with van der Waals surface area (Å²) in [6.45, 7) is 0.448. The number of hydrogen-bond donors (Lipinski definition) is 2. The van der Waals surface area contributed by atoms with Gasteiger partial charge in [0.25, 0.3) is 0 Å². The van der Waals surface area contributed by atoms with E-state index in [1.54, 1.807) is 13.0 Å². The van der Waals surface area contributed by atoms with Crippen molar-refractivity contribution in [3.8, 4) is 0 Å². The number of hydrogen-bond acceptors (Lipinski definition) is 3. The number of nitrogens with one attached hydrogen (secondary N) is 1. The number of alkyl halides is 3. The highest BCUT2D eigenvalue weighted by Crippen LogP contribution is 2.38. The molecule has 0 aromatic carbocycles. The Morgan fingerprint density at radius 2 is 2.09 bits per heavy atom. The fourth-order valence-corrected chi connectivity index (χ4v) is 2.71. The van der Waals surface area contributed by atoms with Gasteiger partial charge in [-0.3, -0.25) is 9.78 Å². The quantitative estimate of drug-likeness (QED) is 0.806. The number of aliphatic carboxylic acids is 1. The summed E-state index contributed by atoms with van der Waals surface area (Å²) >= 11 is 3.18. The van der Waals surface area contributed by atoms with Crippen LogP contribution in [0.3, 0.4) is 0 Å². The minimum Gasteiger partial charge on any atom is -0.481 e. The third kappa shape index (κ3) is 3.92. The summed E-state index contributed by atoms with van der Waals surface area (Å²) in [5.74, 6) is -5.31. The lowest BCUT2D eigenvalue weighted by Gasteiger charge is -2.19. The van der Waals surface area contributed by atoms with Gasteiger partial charge in [-0.15, -0.1) is 0 Å². The predicted molar refractivity (Wildman–Crippen MR) is 77.9 cm³/mol. The molecule has 23 heavy (non-hydrogen) atoms. The molecule has 1 aliphatic rings. The van der Waals surface area contributed by atoms with E-state index in [9.17, 15) is 22.8 Å². The van der Waals surface area contributed by atoms with Gasteiger partial charge in [0.15, 0.2) is 0 Å². The van der Waals surface area contributed by atoms with Gasteiger partial charge in [0.2, 0.25) is 0 Å². The van der Waals surface area contributed by atoms with Crippen LogP contribution in [0.4, 0.5) is 23.7 Å². The number of amides is 2. The zero-order valence-corrected chi connectivity index (χ0v) is 13.5. The number of carboxylic acids is 1. The Morgan fingerprint density at radius 3 is 2.61 bits per heavy atom. The van der Waals surface area contributed by atoms with Crippen molar-refractivity contribution in [2.75, 3.05) is 18.4 Å². The largest absolute Gasteiger partial charge is 0.481 e. The summed E-state index contributed by atoms with van der Waals surface area (Å²) in [5, 5.41) is 11.4. The van der Waals surface area contributed by atoms with Gasteiger partial charge in [0.05, 0.1) is 23.2 Å². The van der Waals surface area contributed by atoms with E-state index in [2.05, 4.69) is 26.2 Å². The molecule has 0 bridgehead atoms. The molecule has 0 spiro atoms. The van der Waals surface area contributed by atoms with Crippen LogP contribution in [0, 0.1) is 18.8 Å². The fraction of sp³-hybridized carbons (Fsp3) is 0.462. The third-order valence-electron chi connectivity index (χ3n) is 3.64. The molecule has 126 valence electrons. The van der Waals surface area contributed by atoms with Crippen molar-refractivity contribution in [2.24, 2.45) is 11.8 Å². The Labute approximate surface area is 137 Å². The number of halogens is 4. The van der Waals surface area contributed by atoms with Crippen LogP contribution in [0.2, 0.25) is 0 Å². The molecule has 2 atom stereocenters. The Balaban J connectivity index is 2.14. The summed E-state index contributed by atoms with van der Waals surface area (Å²) in [6, 6.07) is 0.776. The molecule has 2 amide bonds. The molecule has 0 radical (unpaired) electrons. The molecular weight excluding hydrogens is 383 g/mol. The van der Waals surface area contributed by atoms with Gasteiger partial charge in [-0.1, -0.05) is 0 Å². The van der Waals surface area contributed by atoms with Gasteiger partial charge in [0.1, 0.15) is 0 Å². The van der Waals surface area contributed by atoms with Crippen molar-refractivity contribution in [3.63, 3.8) is 0 Å². The zero-order chi connectivity index (χ0) is 17.4. The standard InChI is InChI=1S/C13H13BrF3N3O3/c1-6-10(2-7(14)3-18-6)19-12(23)20-4-8(11(21)22)9(5-20)13(15,16)17/h2-3,8-9H,4-5H2,1H3,(H,19,23)(H,21,22)/t8-,9-/m1/s1. The van der Waals surface area contributed by atoms with E-state index >= 15 is 0 Å². The normalized spacial score (nSPS) is 21.3. The predicted octanol–water partition coefficient (Wildman–Crippen LogP) is 2.88. The van der Waals surface area contributed by atoms with E-state index < -0.39 is 43.1 Å². The van der Waals surface area contributed by atoms with Crippen LogP contribution >= 0.6 is 15.9 Å². The lowest BCUT2D eigenvalue weighted by molar-refractivity contribution is -0.187. The number of nitrogens with zero attached hydrogens (tertiary/aromatic N) is 2. The summed E-state index contributed by atoms with van der Waals surface area (Å²) in [7, 11) is 0. The molecule has 0 unspecified atom stereocenters. The van der Waals surface area contributed by atoms with Gasteiger partial charge in [-0.2, -0.15) is 13.2 Å². The summed E-state index contributed by atoms with van der Waals surface area (Å²) in [5.41, 5.74) is 0.828. The fourth-order valence-electron chi connectivity index (χ4n) is 2.38. The van der Waals surface area contributed by atoms with Gasteiger partial charge in [-0.25, -0.2) is 4.79 Å². The maximum absolute atomic E-state index is 12.9. The van der Waals surface area contributed by atoms with Crippen LogP contribution in [0.25, 0.3) is 0 Å². The average Bonchev–Trinajstić information content (AvgIpc) is 2.88. The number of aryl methyl sites for hydroxylation is 1. The van der Waals surface area contributed by atoms with Crippen molar-refractivity contribution in [1.82, 2.24) is 9.88 Å². The molecule has 1 aromatic heterocycles. The lowest BCUT2D eigenvalue weighted by atomic mass is 9.96. The molecule has 1 fully saturated rings. The first-order chi connectivity index (χ1) is 10.6. The maximum atomic E-state index is 12.9. The molecular formula is C13H13BrF3N3O3. The first kappa shape index (κ1) is 17.5. The summed E-state index contributed by atoms with van der Waals surface area (Å²) in [4.78, 5) is 28.0. The van der Waals surface area contributed by atoms with E-state index in [4.69, 9.17) is 5.11 Å². The molecule has 1 aliphatic heterocycles. The molecule has 10 heteroatoms. The van der Waals surface area contributed by atoms with Crippen LogP contribution in [-0.2, 0) is 4.79 Å². The Morgan fingerprint density at radius 1 is 1.43 bits per heavy atom. The van der Waals surface area contributed by atoms with Crippen LogP contribution in [0.5, 0.6) is 0 Å². The minimum atomic E-state index is -4.68. The van der Waals surface area contributed by atoms with Crippen molar-refractivity contribution < 1.29 is 27.9 Å². The van der Waals surface area contributed by atoms with E-state index in [-0.39, 0.29) is 0 Å². The van der Waals surface area contributed by atoms with E-state index in [0.717, 1.165) is 4.90 Å². The second kappa shape index (κ2) is 6.34. The third-order valence-corrected chi connectivity index (χ3v) is 4.07. The number of rotatable bonds is 2. The molecule has 6 nitrogen and oxygen atoms in total. The maximum Gasteiger partial charge on any atom is 0.394 e. The monoisotopic (exact) mass is 395 g/mol. The molecule has 2 N–H and O–H groups in total. The second-order valence-corrected chi connectivity index (χ2v) is 6.13. The van der Waals surface area contributed by atoms with Crippen LogP contribution in [-0.4, -0.2) is 46.3 Å². The number of carbonyl (C=O) groups is 2. The highest BCUT2D eigenvalue weighted by Gasteiger charge is 2.53. The van der Waals surface area contributed by atoms with Gasteiger partial charge in [-0.05, 0) is 28.9 Å². The van der Waals surface area contributed by atoms with E-state index in [0.29, 0.717) is 15.9 Å². The van der Waals surface area contributed by atoms with E-state index in [1.165, 1.54) is 6.20 Å². The Kier molecular flexibility index (Phi) is 4.83. The van der Waals surface area contributed by atoms with Crippen molar-refractivity contribution in [1.29, 1.82) is 0 Å². The average molecular weight is 396 g/mol. The highest BCUT2D eigenvalue weighted by atomic mass is 79.9.